The number of nitrogen functional groups attached to an aromatic ring is 1. The molecule has 1 aliphatic rings. The summed E-state index contributed by atoms with van der Waals surface area (Å²) in [6.07, 6.45) is 1.19. The Morgan fingerprint density at radius 1 is 1.26 bits per heavy atom. The van der Waals surface area contributed by atoms with Gasteiger partial charge in [0.1, 0.15) is 23.7 Å². The normalized spacial score (nSPS) is 13.2. The second-order valence-electron chi connectivity index (χ2n) is 9.01. The Morgan fingerprint density at radius 2 is 2.00 bits per heavy atom. The molecule has 0 saturated heterocycles. The summed E-state index contributed by atoms with van der Waals surface area (Å²) >= 11 is 0. The van der Waals surface area contributed by atoms with Crippen molar-refractivity contribution in [2.24, 2.45) is 0 Å². The van der Waals surface area contributed by atoms with Crippen molar-refractivity contribution in [2.75, 3.05) is 29.1 Å². The minimum Gasteiger partial charge on any atom is -0.474 e. The molecule has 3 aromatic rings. The van der Waals surface area contributed by atoms with Crippen LogP contribution in [0.3, 0.4) is 0 Å². The third-order valence-corrected chi connectivity index (χ3v) is 5.43. The molecule has 1 aliphatic heterocycles. The van der Waals surface area contributed by atoms with Crippen molar-refractivity contribution < 1.29 is 28.6 Å². The number of carbonyl (C=O) groups is 2. The highest BCUT2D eigenvalue weighted by Crippen LogP contribution is 2.42. The first-order chi connectivity index (χ1) is 16.5. The second kappa shape index (κ2) is 8.90. The second-order valence-corrected chi connectivity index (χ2v) is 9.01. The van der Waals surface area contributed by atoms with Gasteiger partial charge in [-0.3, -0.25) is 10.2 Å². The molecule has 4 rings (SSSR count). The van der Waals surface area contributed by atoms with Gasteiger partial charge in [0.2, 0.25) is 5.88 Å². The first-order valence-electron chi connectivity index (χ1n) is 11.0. The molecule has 2 amide bonds. The first kappa shape index (κ1) is 24.0. The minimum atomic E-state index is -1.16. The number of fused-ring (bicyclic) bond motifs is 2. The van der Waals surface area contributed by atoms with E-state index in [-0.39, 0.29) is 41.8 Å². The standard InChI is InChI=1S/C24H26FN5O5/c1-5-13-16(11-28-21-20(13)30(23(32)33)6-7-34-21)14-8-12-9-17(26)27-10-15(12)19(18(14)25)29-22(31)35-24(2,3)4/h8-11H,5-7H2,1-4H3,(H2,26,27)(H,29,31)(H,32,33). The van der Waals surface area contributed by atoms with Gasteiger partial charge in [-0.2, -0.15) is 0 Å². The van der Waals surface area contributed by atoms with Crippen LogP contribution in [0.5, 0.6) is 5.88 Å². The topological polar surface area (TPSA) is 140 Å². The van der Waals surface area contributed by atoms with Gasteiger partial charge in [0, 0.05) is 28.9 Å². The van der Waals surface area contributed by atoms with E-state index in [4.69, 9.17) is 15.2 Å². The Morgan fingerprint density at radius 3 is 2.66 bits per heavy atom. The fourth-order valence-corrected chi connectivity index (χ4v) is 4.04. The number of nitrogens with two attached hydrogens (primary N) is 1. The Hall–Kier alpha value is -4.15. The summed E-state index contributed by atoms with van der Waals surface area (Å²) in [6.45, 7) is 7.20. The lowest BCUT2D eigenvalue weighted by molar-refractivity contribution is 0.0635. The number of amides is 2. The Bertz CT molecular complexity index is 1340. The van der Waals surface area contributed by atoms with E-state index in [1.165, 1.54) is 12.4 Å². The van der Waals surface area contributed by atoms with Crippen LogP contribution in [0.15, 0.2) is 24.5 Å². The zero-order valence-electron chi connectivity index (χ0n) is 19.8. The van der Waals surface area contributed by atoms with Crippen LogP contribution >= 0.6 is 0 Å². The molecule has 2 aromatic heterocycles. The number of ether oxygens (including phenoxy) is 2. The number of benzene rings is 1. The number of hydrogen-bond acceptors (Lipinski definition) is 7. The molecule has 0 spiro atoms. The van der Waals surface area contributed by atoms with E-state index < -0.39 is 23.6 Å². The minimum absolute atomic E-state index is 0.109. The number of carbonyl (C=O) groups excluding carboxylic acids is 1. The number of hydrogen-bond donors (Lipinski definition) is 3. The number of anilines is 3. The van der Waals surface area contributed by atoms with Crippen molar-refractivity contribution in [3.05, 3.63) is 35.9 Å². The van der Waals surface area contributed by atoms with Crippen molar-refractivity contribution in [3.63, 3.8) is 0 Å². The van der Waals surface area contributed by atoms with E-state index in [0.29, 0.717) is 28.3 Å². The van der Waals surface area contributed by atoms with Crippen molar-refractivity contribution in [1.29, 1.82) is 0 Å². The van der Waals surface area contributed by atoms with Gasteiger partial charge >= 0.3 is 12.2 Å². The van der Waals surface area contributed by atoms with E-state index in [9.17, 15) is 14.7 Å². The maximum Gasteiger partial charge on any atom is 0.412 e. The van der Waals surface area contributed by atoms with Gasteiger partial charge in [-0.05, 0) is 50.3 Å². The van der Waals surface area contributed by atoms with Gasteiger partial charge in [-0.25, -0.2) is 23.9 Å². The molecule has 0 unspecified atom stereocenters. The summed E-state index contributed by atoms with van der Waals surface area (Å²) in [5, 5.41) is 13.1. The van der Waals surface area contributed by atoms with Crippen LogP contribution in [0.2, 0.25) is 0 Å². The Labute approximate surface area is 200 Å². The van der Waals surface area contributed by atoms with Gasteiger partial charge in [0.05, 0.1) is 12.2 Å². The van der Waals surface area contributed by atoms with E-state index in [0.717, 1.165) is 4.90 Å². The summed E-state index contributed by atoms with van der Waals surface area (Å²) < 4.78 is 26.9. The lowest BCUT2D eigenvalue weighted by Crippen LogP contribution is -2.38. The summed E-state index contributed by atoms with van der Waals surface area (Å²) in [6, 6.07) is 3.13. The molecular formula is C24H26FN5O5. The summed E-state index contributed by atoms with van der Waals surface area (Å²) in [4.78, 5) is 33.9. The third kappa shape index (κ3) is 4.61. The van der Waals surface area contributed by atoms with Crippen LogP contribution < -0.4 is 20.7 Å². The molecular weight excluding hydrogens is 457 g/mol. The summed E-state index contributed by atoms with van der Waals surface area (Å²) in [5.41, 5.74) is 6.23. The maximum atomic E-state index is 16.1. The average molecular weight is 484 g/mol. The lowest BCUT2D eigenvalue weighted by Gasteiger charge is -2.29. The number of carboxylic acid groups (broad SMARTS) is 1. The van der Waals surface area contributed by atoms with E-state index in [1.54, 1.807) is 32.9 Å². The molecule has 1 aromatic carbocycles. The van der Waals surface area contributed by atoms with Gasteiger partial charge in [0.15, 0.2) is 5.82 Å². The number of pyridine rings is 2. The molecule has 0 saturated carbocycles. The molecule has 0 aliphatic carbocycles. The molecule has 0 atom stereocenters. The van der Waals surface area contributed by atoms with Crippen LogP contribution in [0.4, 0.5) is 31.2 Å². The molecule has 3 heterocycles. The predicted molar refractivity (Wildman–Crippen MR) is 129 cm³/mol. The predicted octanol–water partition coefficient (Wildman–Crippen LogP) is 4.80. The highest BCUT2D eigenvalue weighted by Gasteiger charge is 2.30. The number of rotatable bonds is 3. The largest absolute Gasteiger partial charge is 0.474 e. The lowest BCUT2D eigenvalue weighted by atomic mass is 9.94. The van der Waals surface area contributed by atoms with Crippen molar-refractivity contribution in [3.8, 4) is 17.0 Å². The smallest absolute Gasteiger partial charge is 0.412 e. The number of halogens is 1. The SMILES string of the molecule is CCc1c(-c2cc3cc(N)ncc3c(NC(=O)OC(C)(C)C)c2F)cnc2c1N(C(=O)O)CCO2. The average Bonchev–Trinajstić information content (AvgIpc) is 2.78. The molecule has 0 radical (unpaired) electrons. The molecule has 0 fully saturated rings. The van der Waals surface area contributed by atoms with Gasteiger partial charge in [0.25, 0.3) is 0 Å². The van der Waals surface area contributed by atoms with Gasteiger partial charge in [-0.1, -0.05) is 6.92 Å². The Balaban J connectivity index is 1.95. The third-order valence-electron chi connectivity index (χ3n) is 5.43. The van der Waals surface area contributed by atoms with Crippen LogP contribution in [0, 0.1) is 5.82 Å². The molecule has 10 nitrogen and oxygen atoms in total. The van der Waals surface area contributed by atoms with E-state index in [1.807, 2.05) is 6.92 Å². The number of nitrogens with one attached hydrogen (secondary N) is 1. The maximum absolute atomic E-state index is 16.1. The zero-order chi connectivity index (χ0) is 25.5. The van der Waals surface area contributed by atoms with Crippen LogP contribution in [0.1, 0.15) is 33.3 Å². The highest BCUT2D eigenvalue weighted by atomic mass is 19.1. The molecule has 4 N–H and O–H groups in total. The number of nitrogens with zero attached hydrogens (tertiary/aromatic N) is 3. The van der Waals surface area contributed by atoms with E-state index >= 15 is 4.39 Å². The first-order valence-corrected chi connectivity index (χ1v) is 11.0. The van der Waals surface area contributed by atoms with Gasteiger partial charge < -0.3 is 20.3 Å². The monoisotopic (exact) mass is 483 g/mol. The quantitative estimate of drug-likeness (QED) is 0.482. The van der Waals surface area contributed by atoms with Crippen LogP contribution in [0.25, 0.3) is 21.9 Å². The molecule has 184 valence electrons. The molecule has 0 bridgehead atoms. The fourth-order valence-electron chi connectivity index (χ4n) is 4.04. The Kier molecular flexibility index (Phi) is 6.10. The van der Waals surface area contributed by atoms with Crippen molar-refractivity contribution in [1.82, 2.24) is 9.97 Å². The summed E-state index contributed by atoms with van der Waals surface area (Å²) in [7, 11) is 0. The van der Waals surface area contributed by atoms with Crippen LogP contribution in [-0.2, 0) is 11.2 Å². The van der Waals surface area contributed by atoms with E-state index in [2.05, 4.69) is 15.3 Å². The molecule has 11 heteroatoms. The summed E-state index contributed by atoms with van der Waals surface area (Å²) in [5.74, 6) is -0.367. The van der Waals surface area contributed by atoms with Crippen molar-refractivity contribution in [2.45, 2.75) is 39.7 Å². The molecule has 35 heavy (non-hydrogen) atoms. The van der Waals surface area contributed by atoms with Crippen LogP contribution in [-0.4, -0.2) is 46.0 Å². The zero-order valence-corrected chi connectivity index (χ0v) is 19.8. The fraction of sp³-hybridized carbons (Fsp3) is 0.333. The highest BCUT2D eigenvalue weighted by molar-refractivity contribution is 6.04. The number of aromatic nitrogens is 2. The van der Waals surface area contributed by atoms with Gasteiger partial charge in [-0.15, -0.1) is 0 Å². The van der Waals surface area contributed by atoms with Crippen molar-refractivity contribution >= 4 is 40.2 Å².